The zero-order valence-corrected chi connectivity index (χ0v) is 15.1. The Labute approximate surface area is 156 Å². The van der Waals surface area contributed by atoms with Crippen LogP contribution < -0.4 is 10.2 Å². The number of nitrogens with zero attached hydrogens (tertiary/aromatic N) is 2. The van der Waals surface area contributed by atoms with Crippen LogP contribution in [0.2, 0.25) is 0 Å². The summed E-state index contributed by atoms with van der Waals surface area (Å²) < 4.78 is 5.59. The molecule has 27 heavy (non-hydrogen) atoms. The number of nitrogens with one attached hydrogen (secondary N) is 1. The van der Waals surface area contributed by atoms with E-state index in [9.17, 15) is 20.0 Å². The average molecular weight is 371 g/mol. The number of aromatic hydroxyl groups is 1. The van der Waals surface area contributed by atoms with Crippen molar-refractivity contribution < 1.29 is 19.6 Å². The Morgan fingerprint density at radius 1 is 1.30 bits per heavy atom. The van der Waals surface area contributed by atoms with Crippen molar-refractivity contribution >= 4 is 17.8 Å². The van der Waals surface area contributed by atoms with Gasteiger partial charge >= 0.3 is 0 Å². The Morgan fingerprint density at radius 2 is 2.00 bits per heavy atom. The highest BCUT2D eigenvalue weighted by Gasteiger charge is 2.09. The van der Waals surface area contributed by atoms with E-state index in [1.807, 2.05) is 0 Å². The number of phenolic OH excluding ortho intramolecular Hbond substituents is 1. The number of nitro benzene ring substituents is 1. The van der Waals surface area contributed by atoms with Crippen LogP contribution in [0.1, 0.15) is 36.2 Å². The first-order valence-electron chi connectivity index (χ1n) is 8.40. The monoisotopic (exact) mass is 371 g/mol. The number of ether oxygens (including phenoxy) is 1. The summed E-state index contributed by atoms with van der Waals surface area (Å²) in [7, 11) is 0. The zero-order chi connectivity index (χ0) is 19.8. The van der Waals surface area contributed by atoms with Crippen molar-refractivity contribution in [1.82, 2.24) is 5.43 Å². The predicted molar refractivity (Wildman–Crippen MR) is 101 cm³/mol. The summed E-state index contributed by atoms with van der Waals surface area (Å²) in [6.45, 7) is 4.84. The molecule has 0 atom stereocenters. The van der Waals surface area contributed by atoms with Crippen molar-refractivity contribution in [3.8, 4) is 11.5 Å². The fourth-order valence-corrected chi connectivity index (χ4v) is 2.10. The normalized spacial score (nSPS) is 10.9. The Bertz CT molecular complexity index is 832. The molecule has 0 aliphatic heterocycles. The van der Waals surface area contributed by atoms with E-state index in [1.54, 1.807) is 24.3 Å². The van der Waals surface area contributed by atoms with Gasteiger partial charge in [-0.3, -0.25) is 14.9 Å². The maximum atomic E-state index is 12.1. The van der Waals surface area contributed by atoms with Crippen LogP contribution in [0, 0.1) is 16.0 Å². The number of rotatable bonds is 8. The minimum atomic E-state index is -0.583. The molecule has 0 radical (unpaired) electrons. The van der Waals surface area contributed by atoms with Crippen molar-refractivity contribution in [3.63, 3.8) is 0 Å². The molecule has 0 aliphatic carbocycles. The highest BCUT2D eigenvalue weighted by Crippen LogP contribution is 2.21. The number of carbonyl (C=O) groups is 1. The molecule has 0 spiro atoms. The Hall–Kier alpha value is -3.42. The first-order valence-corrected chi connectivity index (χ1v) is 8.40. The van der Waals surface area contributed by atoms with Gasteiger partial charge in [-0.05, 0) is 42.7 Å². The van der Waals surface area contributed by atoms with Crippen molar-refractivity contribution in [2.24, 2.45) is 11.0 Å². The van der Waals surface area contributed by atoms with Gasteiger partial charge in [0.05, 0.1) is 17.7 Å². The topological polar surface area (TPSA) is 114 Å². The minimum Gasteiger partial charge on any atom is -0.507 e. The molecule has 0 heterocycles. The first-order chi connectivity index (χ1) is 12.9. The summed E-state index contributed by atoms with van der Waals surface area (Å²) in [5, 5.41) is 24.2. The van der Waals surface area contributed by atoms with Crippen LogP contribution >= 0.6 is 0 Å². The van der Waals surface area contributed by atoms with Gasteiger partial charge in [0.2, 0.25) is 0 Å². The number of benzene rings is 2. The molecule has 0 saturated heterocycles. The van der Waals surface area contributed by atoms with E-state index in [1.165, 1.54) is 12.1 Å². The number of amides is 1. The standard InChI is InChI=1S/C19H21N3O5/c1-13(2)9-10-27-17-6-3-14(4-7-17)19(24)21-20-12-15-11-16(22(25)26)5-8-18(15)23/h3-8,11-13,23H,9-10H2,1-2H3,(H,21,24)/b20-12+. The van der Waals surface area contributed by atoms with Gasteiger partial charge in [0.1, 0.15) is 11.5 Å². The number of hydrogen-bond acceptors (Lipinski definition) is 6. The average Bonchev–Trinajstić information content (AvgIpc) is 2.63. The molecule has 0 fully saturated rings. The SMILES string of the molecule is CC(C)CCOc1ccc(C(=O)N/N=C/c2cc([N+](=O)[O-])ccc2O)cc1. The van der Waals surface area contributed by atoms with E-state index >= 15 is 0 Å². The van der Waals surface area contributed by atoms with E-state index < -0.39 is 10.8 Å². The summed E-state index contributed by atoms with van der Waals surface area (Å²) >= 11 is 0. The molecule has 1 amide bonds. The summed E-state index contributed by atoms with van der Waals surface area (Å²) in [5.41, 5.74) is 2.63. The molecule has 0 bridgehead atoms. The van der Waals surface area contributed by atoms with Crippen LogP contribution in [0.15, 0.2) is 47.6 Å². The molecule has 0 aliphatic rings. The lowest BCUT2D eigenvalue weighted by atomic mass is 10.1. The largest absolute Gasteiger partial charge is 0.507 e. The van der Waals surface area contributed by atoms with Crippen molar-refractivity contribution in [3.05, 3.63) is 63.7 Å². The number of non-ortho nitro benzene ring substituents is 1. The van der Waals surface area contributed by atoms with E-state index in [0.717, 1.165) is 18.7 Å². The Morgan fingerprint density at radius 3 is 2.63 bits per heavy atom. The lowest BCUT2D eigenvalue weighted by Gasteiger charge is -2.08. The van der Waals surface area contributed by atoms with E-state index in [0.29, 0.717) is 23.8 Å². The molecule has 2 rings (SSSR count). The van der Waals surface area contributed by atoms with Gasteiger partial charge in [-0.1, -0.05) is 13.8 Å². The molecule has 0 unspecified atom stereocenters. The van der Waals surface area contributed by atoms with Crippen LogP contribution in [0.3, 0.4) is 0 Å². The summed E-state index contributed by atoms with van der Waals surface area (Å²) in [5.74, 6) is 0.599. The third-order valence-electron chi connectivity index (χ3n) is 3.67. The molecule has 2 N–H and O–H groups in total. The van der Waals surface area contributed by atoms with Crippen LogP contribution in [-0.4, -0.2) is 28.8 Å². The highest BCUT2D eigenvalue weighted by atomic mass is 16.6. The van der Waals surface area contributed by atoms with Crippen molar-refractivity contribution in [1.29, 1.82) is 0 Å². The van der Waals surface area contributed by atoms with Gasteiger partial charge in [0.25, 0.3) is 11.6 Å². The van der Waals surface area contributed by atoms with E-state index in [4.69, 9.17) is 4.74 Å². The summed E-state index contributed by atoms with van der Waals surface area (Å²) in [6.07, 6.45) is 2.09. The molecular formula is C19H21N3O5. The number of phenols is 1. The zero-order valence-electron chi connectivity index (χ0n) is 15.1. The molecule has 2 aromatic rings. The Balaban J connectivity index is 1.94. The molecule has 8 heteroatoms. The lowest BCUT2D eigenvalue weighted by molar-refractivity contribution is -0.384. The first kappa shape index (κ1) is 19.9. The molecule has 8 nitrogen and oxygen atoms in total. The molecule has 2 aromatic carbocycles. The van der Waals surface area contributed by atoms with Crippen LogP contribution in [-0.2, 0) is 0 Å². The number of carbonyl (C=O) groups excluding carboxylic acids is 1. The number of hydrazone groups is 1. The minimum absolute atomic E-state index is 0.124. The van der Waals surface area contributed by atoms with Crippen LogP contribution in [0.4, 0.5) is 5.69 Å². The van der Waals surface area contributed by atoms with Gasteiger partial charge in [0.15, 0.2) is 0 Å². The van der Waals surface area contributed by atoms with Gasteiger partial charge < -0.3 is 9.84 Å². The van der Waals surface area contributed by atoms with Gasteiger partial charge in [-0.15, -0.1) is 0 Å². The molecule has 142 valence electrons. The molecular weight excluding hydrogens is 350 g/mol. The summed E-state index contributed by atoms with van der Waals surface area (Å²) in [4.78, 5) is 22.2. The number of hydrogen-bond donors (Lipinski definition) is 2. The van der Waals surface area contributed by atoms with Gasteiger partial charge in [-0.2, -0.15) is 5.10 Å². The fraction of sp³-hybridized carbons (Fsp3) is 0.263. The van der Waals surface area contributed by atoms with Crippen LogP contribution in [0.25, 0.3) is 0 Å². The van der Waals surface area contributed by atoms with Crippen molar-refractivity contribution in [2.75, 3.05) is 6.61 Å². The highest BCUT2D eigenvalue weighted by molar-refractivity contribution is 5.95. The lowest BCUT2D eigenvalue weighted by Crippen LogP contribution is -2.17. The van der Waals surface area contributed by atoms with E-state index in [-0.39, 0.29) is 17.0 Å². The summed E-state index contributed by atoms with van der Waals surface area (Å²) in [6, 6.07) is 10.2. The second-order valence-electron chi connectivity index (χ2n) is 6.25. The maximum absolute atomic E-state index is 12.1. The van der Waals surface area contributed by atoms with Crippen LogP contribution in [0.5, 0.6) is 11.5 Å². The second kappa shape index (κ2) is 9.33. The fourth-order valence-electron chi connectivity index (χ4n) is 2.10. The Kier molecular flexibility index (Phi) is 6.87. The third-order valence-corrected chi connectivity index (χ3v) is 3.67. The van der Waals surface area contributed by atoms with E-state index in [2.05, 4.69) is 24.4 Å². The predicted octanol–water partition coefficient (Wildman–Crippen LogP) is 3.49. The smallest absolute Gasteiger partial charge is 0.271 e. The number of nitro groups is 1. The molecule has 0 aromatic heterocycles. The van der Waals surface area contributed by atoms with Gasteiger partial charge in [-0.25, -0.2) is 5.43 Å². The van der Waals surface area contributed by atoms with Crippen molar-refractivity contribution in [2.45, 2.75) is 20.3 Å². The second-order valence-corrected chi connectivity index (χ2v) is 6.25. The van der Waals surface area contributed by atoms with Gasteiger partial charge in [0, 0.05) is 23.3 Å². The maximum Gasteiger partial charge on any atom is 0.271 e. The molecule has 0 saturated carbocycles. The quantitative estimate of drug-likeness (QED) is 0.419. The third kappa shape index (κ3) is 6.10.